The summed E-state index contributed by atoms with van der Waals surface area (Å²) >= 11 is 0. The summed E-state index contributed by atoms with van der Waals surface area (Å²) in [5.41, 5.74) is 0.906. The van der Waals surface area contributed by atoms with Crippen molar-refractivity contribution in [2.45, 2.75) is 17.7 Å². The van der Waals surface area contributed by atoms with Crippen LogP contribution in [-0.4, -0.2) is 44.4 Å². The van der Waals surface area contributed by atoms with Crippen LogP contribution < -0.4 is 0 Å². The highest BCUT2D eigenvalue weighted by atomic mass is 32.2. The van der Waals surface area contributed by atoms with Gasteiger partial charge in [0.05, 0.1) is 4.90 Å². The van der Waals surface area contributed by atoms with E-state index in [0.717, 1.165) is 6.26 Å². The molecule has 0 aromatic heterocycles. The molecule has 1 aliphatic heterocycles. The molecule has 7 heteroatoms. The van der Waals surface area contributed by atoms with E-state index in [1.807, 2.05) is 0 Å². The van der Waals surface area contributed by atoms with E-state index in [-0.39, 0.29) is 22.5 Å². The minimum atomic E-state index is -3.29. The summed E-state index contributed by atoms with van der Waals surface area (Å²) in [6, 6.07) is 11.4. The molecule has 27 heavy (non-hydrogen) atoms. The Balaban J connectivity index is 1.62. The minimum absolute atomic E-state index is 0.0380. The highest BCUT2D eigenvalue weighted by Gasteiger charge is 2.28. The van der Waals surface area contributed by atoms with Gasteiger partial charge in [-0.05, 0) is 49.2 Å². The van der Waals surface area contributed by atoms with Gasteiger partial charge in [0.15, 0.2) is 15.6 Å². The van der Waals surface area contributed by atoms with E-state index >= 15 is 0 Å². The maximum Gasteiger partial charge on any atom is 0.253 e. The van der Waals surface area contributed by atoms with Gasteiger partial charge in [0.1, 0.15) is 5.82 Å². The van der Waals surface area contributed by atoms with E-state index in [0.29, 0.717) is 37.1 Å². The number of benzene rings is 2. The summed E-state index contributed by atoms with van der Waals surface area (Å²) in [5.74, 6) is -0.800. The molecule has 0 atom stereocenters. The van der Waals surface area contributed by atoms with Crippen LogP contribution in [-0.2, 0) is 9.84 Å². The number of hydrogen-bond donors (Lipinski definition) is 0. The number of ketones is 1. The van der Waals surface area contributed by atoms with Crippen LogP contribution in [0.2, 0.25) is 0 Å². The Morgan fingerprint density at radius 1 is 0.926 bits per heavy atom. The van der Waals surface area contributed by atoms with E-state index < -0.39 is 15.7 Å². The monoisotopic (exact) mass is 389 g/mol. The average Bonchev–Trinajstić information content (AvgIpc) is 2.67. The fourth-order valence-electron chi connectivity index (χ4n) is 3.22. The minimum Gasteiger partial charge on any atom is -0.339 e. The number of hydrogen-bond acceptors (Lipinski definition) is 4. The fraction of sp³-hybridized carbons (Fsp3) is 0.300. The Labute approximate surface area is 157 Å². The zero-order chi connectivity index (χ0) is 19.6. The van der Waals surface area contributed by atoms with E-state index in [9.17, 15) is 22.4 Å². The molecule has 142 valence electrons. The third-order valence-corrected chi connectivity index (χ3v) is 5.94. The number of piperidine rings is 1. The van der Waals surface area contributed by atoms with Crippen molar-refractivity contribution in [3.63, 3.8) is 0 Å². The number of carbonyl (C=O) groups excluding carboxylic acids is 2. The van der Waals surface area contributed by atoms with Crippen molar-refractivity contribution in [3.8, 4) is 0 Å². The van der Waals surface area contributed by atoms with Crippen LogP contribution in [0.3, 0.4) is 0 Å². The van der Waals surface area contributed by atoms with Gasteiger partial charge in [0.2, 0.25) is 0 Å². The second-order valence-corrected chi connectivity index (χ2v) is 8.75. The lowest BCUT2D eigenvalue weighted by molar-refractivity contribution is 0.0650. The average molecular weight is 389 g/mol. The first kappa shape index (κ1) is 19.2. The van der Waals surface area contributed by atoms with Gasteiger partial charge >= 0.3 is 0 Å². The molecule has 1 amide bonds. The number of rotatable bonds is 4. The van der Waals surface area contributed by atoms with Crippen molar-refractivity contribution in [3.05, 3.63) is 65.5 Å². The largest absolute Gasteiger partial charge is 0.339 e. The molecule has 3 rings (SSSR count). The van der Waals surface area contributed by atoms with Gasteiger partial charge in [-0.3, -0.25) is 9.59 Å². The molecule has 5 nitrogen and oxygen atoms in total. The Hall–Kier alpha value is -2.54. The maximum absolute atomic E-state index is 13.0. The van der Waals surface area contributed by atoms with Crippen LogP contribution in [0.4, 0.5) is 4.39 Å². The molecule has 2 aromatic rings. The standard InChI is InChI=1S/C20H20FNO4S/c1-27(25,26)18-8-4-14(5-9-18)19(23)15-10-12-22(13-11-15)20(24)16-2-6-17(21)7-3-16/h2-9,15H,10-13H2,1H3. The zero-order valence-electron chi connectivity index (χ0n) is 14.9. The van der Waals surface area contributed by atoms with Crippen molar-refractivity contribution in [1.82, 2.24) is 4.90 Å². The normalized spacial score (nSPS) is 15.6. The van der Waals surface area contributed by atoms with E-state index in [1.165, 1.54) is 48.5 Å². The third kappa shape index (κ3) is 4.42. The van der Waals surface area contributed by atoms with Crippen molar-refractivity contribution in [2.75, 3.05) is 19.3 Å². The lowest BCUT2D eigenvalue weighted by Gasteiger charge is -2.31. The Morgan fingerprint density at radius 2 is 1.44 bits per heavy atom. The van der Waals surface area contributed by atoms with Crippen molar-refractivity contribution in [1.29, 1.82) is 0 Å². The van der Waals surface area contributed by atoms with Crippen molar-refractivity contribution < 1.29 is 22.4 Å². The number of likely N-dealkylation sites (tertiary alicyclic amines) is 1. The van der Waals surface area contributed by atoms with Gasteiger partial charge in [-0.2, -0.15) is 0 Å². The SMILES string of the molecule is CS(=O)(=O)c1ccc(C(=O)C2CCN(C(=O)c3ccc(F)cc3)CC2)cc1. The van der Waals surface area contributed by atoms with Gasteiger partial charge < -0.3 is 4.90 Å². The first-order chi connectivity index (χ1) is 12.8. The molecule has 0 bridgehead atoms. The molecule has 0 N–H and O–H groups in total. The van der Waals surface area contributed by atoms with Crippen LogP contribution in [0.5, 0.6) is 0 Å². The zero-order valence-corrected chi connectivity index (χ0v) is 15.7. The lowest BCUT2D eigenvalue weighted by Crippen LogP contribution is -2.40. The molecule has 0 radical (unpaired) electrons. The molecule has 0 unspecified atom stereocenters. The topological polar surface area (TPSA) is 71.5 Å². The molecule has 1 fully saturated rings. The number of nitrogens with zero attached hydrogens (tertiary/aromatic N) is 1. The second-order valence-electron chi connectivity index (χ2n) is 6.73. The highest BCUT2D eigenvalue weighted by molar-refractivity contribution is 7.90. The van der Waals surface area contributed by atoms with Crippen LogP contribution in [0.25, 0.3) is 0 Å². The molecule has 1 heterocycles. The molecular formula is C20H20FNO4S. The fourth-order valence-corrected chi connectivity index (χ4v) is 3.85. The summed E-state index contributed by atoms with van der Waals surface area (Å²) in [4.78, 5) is 27.0. The molecule has 0 spiro atoms. The molecular weight excluding hydrogens is 369 g/mol. The number of halogens is 1. The van der Waals surface area contributed by atoms with Gasteiger partial charge in [-0.1, -0.05) is 12.1 Å². The Morgan fingerprint density at radius 3 is 1.96 bits per heavy atom. The molecule has 1 aliphatic rings. The van der Waals surface area contributed by atoms with Gasteiger partial charge in [-0.15, -0.1) is 0 Å². The quantitative estimate of drug-likeness (QED) is 0.754. The maximum atomic E-state index is 13.0. The molecule has 0 aliphatic carbocycles. The van der Waals surface area contributed by atoms with Crippen LogP contribution in [0.1, 0.15) is 33.6 Å². The summed E-state index contributed by atoms with van der Waals surface area (Å²) in [6.45, 7) is 0.905. The van der Waals surface area contributed by atoms with E-state index in [2.05, 4.69) is 0 Å². The van der Waals surface area contributed by atoms with Gasteiger partial charge in [-0.25, -0.2) is 12.8 Å². The van der Waals surface area contributed by atoms with Crippen LogP contribution in [0, 0.1) is 11.7 Å². The molecule has 0 saturated carbocycles. The predicted octanol–water partition coefficient (Wildman–Crippen LogP) is 2.96. The van der Waals surface area contributed by atoms with Gasteiger partial charge in [0, 0.05) is 36.4 Å². The number of Topliss-reactive ketones (excluding diaryl/α,β-unsaturated/α-hetero) is 1. The van der Waals surface area contributed by atoms with Crippen molar-refractivity contribution in [2.24, 2.45) is 5.92 Å². The number of amides is 1. The summed E-state index contributed by atoms with van der Waals surface area (Å²) in [5, 5.41) is 0. The number of carbonyl (C=O) groups is 2. The van der Waals surface area contributed by atoms with Crippen LogP contribution in [0.15, 0.2) is 53.4 Å². The molecule has 1 saturated heterocycles. The molecule has 2 aromatic carbocycles. The predicted molar refractivity (Wildman–Crippen MR) is 98.9 cm³/mol. The second kappa shape index (κ2) is 7.60. The van der Waals surface area contributed by atoms with E-state index in [4.69, 9.17) is 0 Å². The first-order valence-electron chi connectivity index (χ1n) is 8.65. The Kier molecular flexibility index (Phi) is 5.41. The van der Waals surface area contributed by atoms with Gasteiger partial charge in [0.25, 0.3) is 5.91 Å². The summed E-state index contributed by atoms with van der Waals surface area (Å²) in [7, 11) is -3.29. The highest BCUT2D eigenvalue weighted by Crippen LogP contribution is 2.24. The number of sulfone groups is 1. The Bertz CT molecular complexity index is 944. The first-order valence-corrected chi connectivity index (χ1v) is 10.5. The smallest absolute Gasteiger partial charge is 0.253 e. The summed E-state index contributed by atoms with van der Waals surface area (Å²) in [6.07, 6.45) is 2.21. The third-order valence-electron chi connectivity index (χ3n) is 4.81. The van der Waals surface area contributed by atoms with Crippen LogP contribution >= 0.6 is 0 Å². The van der Waals surface area contributed by atoms with Crippen molar-refractivity contribution >= 4 is 21.5 Å². The summed E-state index contributed by atoms with van der Waals surface area (Å²) < 4.78 is 36.0. The lowest BCUT2D eigenvalue weighted by atomic mass is 9.88. The van der Waals surface area contributed by atoms with E-state index in [1.54, 1.807) is 4.90 Å².